The Bertz CT molecular complexity index is 1370. The highest BCUT2D eigenvalue weighted by Gasteiger charge is 2.39. The molecule has 3 aromatic carbocycles. The second-order valence-corrected chi connectivity index (χ2v) is 10.7. The van der Waals surface area contributed by atoms with E-state index in [1.807, 2.05) is 48.5 Å². The number of rotatable bonds is 8. The van der Waals surface area contributed by atoms with Gasteiger partial charge in [0.25, 0.3) is 0 Å². The van der Waals surface area contributed by atoms with E-state index in [9.17, 15) is 14.4 Å². The first-order valence-corrected chi connectivity index (χ1v) is 14.0. The predicted molar refractivity (Wildman–Crippen MR) is 155 cm³/mol. The summed E-state index contributed by atoms with van der Waals surface area (Å²) in [6, 6.07) is 21.8. The summed E-state index contributed by atoms with van der Waals surface area (Å²) in [5.41, 5.74) is 11.8. The number of benzene rings is 3. The molecule has 3 amide bonds. The lowest BCUT2D eigenvalue weighted by Gasteiger charge is -2.39. The second-order valence-electron chi connectivity index (χ2n) is 10.7. The molecular formula is C32H37N5O3. The van der Waals surface area contributed by atoms with Gasteiger partial charge in [-0.15, -0.1) is 0 Å². The van der Waals surface area contributed by atoms with Crippen molar-refractivity contribution in [1.29, 1.82) is 0 Å². The van der Waals surface area contributed by atoms with Crippen LogP contribution in [0.3, 0.4) is 0 Å². The molecule has 3 atom stereocenters. The summed E-state index contributed by atoms with van der Waals surface area (Å²) in [5.74, 6) is -0.731. The normalized spacial score (nSPS) is 18.7. The van der Waals surface area contributed by atoms with Crippen LogP contribution in [0.1, 0.15) is 46.7 Å². The molecule has 0 aromatic heterocycles. The maximum atomic E-state index is 14.2. The third-order valence-corrected chi connectivity index (χ3v) is 7.91. The van der Waals surface area contributed by atoms with Crippen molar-refractivity contribution in [3.63, 3.8) is 0 Å². The average Bonchev–Trinajstić information content (AvgIpc) is 2.97. The van der Waals surface area contributed by atoms with Gasteiger partial charge in [0.2, 0.25) is 17.7 Å². The van der Waals surface area contributed by atoms with E-state index in [-0.39, 0.29) is 36.7 Å². The predicted octanol–water partition coefficient (Wildman–Crippen LogP) is 2.66. The van der Waals surface area contributed by atoms with Gasteiger partial charge in [-0.3, -0.25) is 14.4 Å². The van der Waals surface area contributed by atoms with Crippen molar-refractivity contribution in [2.75, 3.05) is 19.3 Å². The highest BCUT2D eigenvalue weighted by atomic mass is 16.2. The van der Waals surface area contributed by atoms with Crippen molar-refractivity contribution in [2.45, 2.75) is 56.8 Å². The molecule has 1 heterocycles. The first-order chi connectivity index (χ1) is 19.4. The summed E-state index contributed by atoms with van der Waals surface area (Å²) in [6.07, 6.45) is 3.57. The van der Waals surface area contributed by atoms with Crippen molar-refractivity contribution >= 4 is 23.4 Å². The molecule has 0 radical (unpaired) electrons. The Morgan fingerprint density at radius 3 is 2.40 bits per heavy atom. The number of carbonyl (C=O) groups excluding carboxylic acids is 3. The molecular weight excluding hydrogens is 502 g/mol. The van der Waals surface area contributed by atoms with Gasteiger partial charge in [0.1, 0.15) is 12.1 Å². The highest BCUT2D eigenvalue weighted by molar-refractivity contribution is 5.93. The van der Waals surface area contributed by atoms with E-state index in [0.717, 1.165) is 41.5 Å². The molecule has 2 aliphatic rings. The zero-order valence-electron chi connectivity index (χ0n) is 22.9. The smallest absolute Gasteiger partial charge is 0.246 e. The first-order valence-electron chi connectivity index (χ1n) is 14.0. The Hall–Kier alpha value is -4.17. The van der Waals surface area contributed by atoms with E-state index in [0.29, 0.717) is 18.7 Å². The third-order valence-electron chi connectivity index (χ3n) is 7.91. The van der Waals surface area contributed by atoms with E-state index in [4.69, 9.17) is 5.73 Å². The topological polar surface area (TPSA) is 117 Å². The van der Waals surface area contributed by atoms with Crippen LogP contribution in [0.2, 0.25) is 0 Å². The van der Waals surface area contributed by atoms with Crippen LogP contribution in [-0.4, -0.2) is 48.3 Å². The second kappa shape index (κ2) is 12.3. The van der Waals surface area contributed by atoms with E-state index < -0.39 is 12.1 Å². The van der Waals surface area contributed by atoms with E-state index in [1.54, 1.807) is 24.1 Å². The molecule has 3 unspecified atom stereocenters. The Labute approximate surface area is 235 Å². The molecule has 208 valence electrons. The van der Waals surface area contributed by atoms with Crippen LogP contribution in [0, 0.1) is 0 Å². The molecule has 40 heavy (non-hydrogen) atoms. The van der Waals surface area contributed by atoms with Crippen molar-refractivity contribution in [3.8, 4) is 0 Å². The zero-order chi connectivity index (χ0) is 28.1. The summed E-state index contributed by atoms with van der Waals surface area (Å²) in [5, 5.41) is 9.01. The summed E-state index contributed by atoms with van der Waals surface area (Å²) < 4.78 is 0. The monoisotopic (exact) mass is 539 g/mol. The van der Waals surface area contributed by atoms with E-state index >= 15 is 0 Å². The summed E-state index contributed by atoms with van der Waals surface area (Å²) in [6.45, 7) is 0.383. The zero-order valence-corrected chi connectivity index (χ0v) is 22.9. The molecule has 0 fully saturated rings. The standard InChI is InChI=1S/C32H37N5O3/c1-34-19-30(38)35-28(17-21-13-15-25(33)16-14-21)32(40)37-20-24-9-3-2-8-23(24)18-29(37)31(39)36-27-12-6-10-22-7-4-5-11-26(22)27/h2-5,7-9,11,13-16,27-29,34H,6,10,12,17-20,33H2,1H3,(H,35,38)(H,36,39). The Morgan fingerprint density at radius 1 is 0.950 bits per heavy atom. The summed E-state index contributed by atoms with van der Waals surface area (Å²) >= 11 is 0. The number of nitrogens with zero attached hydrogens (tertiary/aromatic N) is 1. The molecule has 0 bridgehead atoms. The van der Waals surface area contributed by atoms with Crippen LogP contribution in [0.5, 0.6) is 0 Å². The van der Waals surface area contributed by atoms with Gasteiger partial charge in [-0.25, -0.2) is 0 Å². The van der Waals surface area contributed by atoms with E-state index in [1.165, 1.54) is 5.56 Å². The number of hydrogen-bond acceptors (Lipinski definition) is 5. The minimum atomic E-state index is -0.833. The fourth-order valence-corrected chi connectivity index (χ4v) is 5.86. The fourth-order valence-electron chi connectivity index (χ4n) is 5.86. The average molecular weight is 540 g/mol. The molecule has 8 nitrogen and oxygen atoms in total. The largest absolute Gasteiger partial charge is 0.399 e. The van der Waals surface area contributed by atoms with Gasteiger partial charge in [-0.1, -0.05) is 60.7 Å². The molecule has 8 heteroatoms. The molecule has 1 aliphatic heterocycles. The van der Waals surface area contributed by atoms with Crippen LogP contribution in [0.15, 0.2) is 72.8 Å². The molecule has 0 saturated carbocycles. The van der Waals surface area contributed by atoms with Gasteiger partial charge in [-0.05, 0) is 66.3 Å². The molecule has 0 saturated heterocycles. The fraction of sp³-hybridized carbons (Fsp3) is 0.344. The molecule has 3 aromatic rings. The number of fused-ring (bicyclic) bond motifs is 2. The van der Waals surface area contributed by atoms with E-state index in [2.05, 4.69) is 28.1 Å². The molecule has 0 spiro atoms. The maximum Gasteiger partial charge on any atom is 0.246 e. The third kappa shape index (κ3) is 6.18. The van der Waals surface area contributed by atoms with Crippen LogP contribution in [0.25, 0.3) is 0 Å². The Morgan fingerprint density at radius 2 is 1.65 bits per heavy atom. The summed E-state index contributed by atoms with van der Waals surface area (Å²) in [4.78, 5) is 42.4. The lowest BCUT2D eigenvalue weighted by Crippen LogP contribution is -2.59. The van der Waals surface area contributed by atoms with Gasteiger partial charge < -0.3 is 26.6 Å². The van der Waals surface area contributed by atoms with Gasteiger partial charge in [0.05, 0.1) is 12.6 Å². The van der Waals surface area contributed by atoms with Gasteiger partial charge >= 0.3 is 0 Å². The number of nitrogen functional groups attached to an aromatic ring is 1. The van der Waals surface area contributed by atoms with Crippen LogP contribution >= 0.6 is 0 Å². The lowest BCUT2D eigenvalue weighted by atomic mass is 9.87. The number of nitrogens with two attached hydrogens (primary N) is 1. The molecule has 1 aliphatic carbocycles. The van der Waals surface area contributed by atoms with Crippen molar-refractivity contribution in [2.24, 2.45) is 0 Å². The van der Waals surface area contributed by atoms with Crippen LogP contribution < -0.4 is 21.7 Å². The highest BCUT2D eigenvalue weighted by Crippen LogP contribution is 2.31. The quantitative estimate of drug-likeness (QED) is 0.329. The number of amides is 3. The Kier molecular flexibility index (Phi) is 8.45. The number of nitrogens with one attached hydrogen (secondary N) is 3. The Balaban J connectivity index is 1.43. The minimum absolute atomic E-state index is 0.0827. The van der Waals surface area contributed by atoms with Crippen molar-refractivity contribution in [1.82, 2.24) is 20.9 Å². The number of likely N-dealkylation sites (N-methyl/N-ethyl adjacent to an activating group) is 1. The lowest BCUT2D eigenvalue weighted by molar-refractivity contribution is -0.144. The number of anilines is 1. The van der Waals surface area contributed by atoms with Crippen LogP contribution in [0.4, 0.5) is 5.69 Å². The minimum Gasteiger partial charge on any atom is -0.399 e. The maximum absolute atomic E-state index is 14.2. The van der Waals surface area contributed by atoms with Gasteiger partial charge in [0.15, 0.2) is 0 Å². The summed E-state index contributed by atoms with van der Waals surface area (Å²) in [7, 11) is 1.68. The molecule has 5 N–H and O–H groups in total. The first kappa shape index (κ1) is 27.4. The van der Waals surface area contributed by atoms with Crippen molar-refractivity contribution < 1.29 is 14.4 Å². The van der Waals surface area contributed by atoms with Gasteiger partial charge in [0, 0.05) is 25.1 Å². The molecule has 5 rings (SSSR count). The number of aryl methyl sites for hydroxylation is 1. The SMILES string of the molecule is CNCC(=O)NC(Cc1ccc(N)cc1)C(=O)N1Cc2ccccc2CC1C(=O)NC1CCCc2ccccc21. The van der Waals surface area contributed by atoms with Gasteiger partial charge in [-0.2, -0.15) is 0 Å². The number of carbonyl (C=O) groups is 3. The van der Waals surface area contributed by atoms with Crippen molar-refractivity contribution in [3.05, 3.63) is 101 Å². The van der Waals surface area contributed by atoms with Crippen LogP contribution in [-0.2, 0) is 40.2 Å². The number of hydrogen-bond donors (Lipinski definition) is 4.